The van der Waals surface area contributed by atoms with Crippen molar-refractivity contribution in [2.45, 2.75) is 6.54 Å². The van der Waals surface area contributed by atoms with Crippen LogP contribution in [0, 0.1) is 11.8 Å². The summed E-state index contributed by atoms with van der Waals surface area (Å²) in [4.78, 5) is 28.6. The van der Waals surface area contributed by atoms with Gasteiger partial charge in [0.15, 0.2) is 5.69 Å². The molecule has 2 saturated heterocycles. The Morgan fingerprint density at radius 3 is 2.41 bits per heavy atom. The number of benzene rings is 1. The van der Waals surface area contributed by atoms with Crippen LogP contribution in [0.2, 0.25) is 5.02 Å². The Hall–Kier alpha value is -2.38. The molecule has 2 amide bonds. The predicted octanol–water partition coefficient (Wildman–Crippen LogP) is 1.93. The number of aromatic nitrogens is 2. The van der Waals surface area contributed by atoms with Crippen LogP contribution < -0.4 is 5.32 Å². The number of carbonyl (C=O) groups excluding carboxylic acids is 2. The number of amides is 2. The van der Waals surface area contributed by atoms with Gasteiger partial charge in [-0.1, -0.05) is 23.7 Å². The highest BCUT2D eigenvalue weighted by Crippen LogP contribution is 2.32. The van der Waals surface area contributed by atoms with Crippen molar-refractivity contribution in [1.29, 1.82) is 0 Å². The average molecular weight is 388 g/mol. The van der Waals surface area contributed by atoms with Crippen LogP contribution >= 0.6 is 11.6 Å². The molecule has 0 aliphatic carbocycles. The summed E-state index contributed by atoms with van der Waals surface area (Å²) in [5.41, 5.74) is 1.50. The summed E-state index contributed by atoms with van der Waals surface area (Å²) in [6.45, 7) is 4.34. The highest BCUT2D eigenvalue weighted by Gasteiger charge is 2.41. The molecule has 4 rings (SSSR count). The van der Waals surface area contributed by atoms with Gasteiger partial charge in [0.05, 0.1) is 0 Å². The standard InChI is InChI=1S/C19H22ClN5O2/c1-21-18(26)17-6-7-25(22-17)19(27)24-11-14-9-23(10-15(14)12-24)8-13-2-4-16(20)5-3-13/h2-7,14-15H,8-12H2,1H3,(H,21,26). The summed E-state index contributed by atoms with van der Waals surface area (Å²) in [6.07, 6.45) is 1.55. The van der Waals surface area contributed by atoms with Gasteiger partial charge in [-0.3, -0.25) is 9.69 Å². The SMILES string of the molecule is CNC(=O)c1ccn(C(=O)N2CC3CN(Cc4ccc(Cl)cc4)CC3C2)n1. The lowest BCUT2D eigenvalue weighted by atomic mass is 10.0. The van der Waals surface area contributed by atoms with E-state index in [4.69, 9.17) is 11.6 Å². The maximum absolute atomic E-state index is 12.7. The molecule has 2 aliphatic heterocycles. The van der Waals surface area contributed by atoms with E-state index in [1.807, 2.05) is 17.0 Å². The fraction of sp³-hybridized carbons (Fsp3) is 0.421. The smallest absolute Gasteiger partial charge is 0.344 e. The van der Waals surface area contributed by atoms with E-state index in [-0.39, 0.29) is 17.6 Å². The molecule has 2 atom stereocenters. The van der Waals surface area contributed by atoms with Gasteiger partial charge in [0.25, 0.3) is 5.91 Å². The first kappa shape index (κ1) is 18.0. The lowest BCUT2D eigenvalue weighted by molar-refractivity contribution is 0.0957. The van der Waals surface area contributed by atoms with Crippen molar-refractivity contribution in [3.05, 3.63) is 52.8 Å². The summed E-state index contributed by atoms with van der Waals surface area (Å²) in [6, 6.07) is 9.36. The first-order valence-electron chi connectivity index (χ1n) is 9.07. The molecule has 1 aromatic heterocycles. The van der Waals surface area contributed by atoms with Crippen molar-refractivity contribution < 1.29 is 9.59 Å². The monoisotopic (exact) mass is 387 g/mol. The molecule has 142 valence electrons. The first-order valence-corrected chi connectivity index (χ1v) is 9.45. The minimum atomic E-state index is -0.294. The molecule has 2 fully saturated rings. The number of rotatable bonds is 3. The number of hydrogen-bond donors (Lipinski definition) is 1. The van der Waals surface area contributed by atoms with Gasteiger partial charge in [0, 0.05) is 51.0 Å². The van der Waals surface area contributed by atoms with Gasteiger partial charge in [-0.05, 0) is 35.6 Å². The van der Waals surface area contributed by atoms with Crippen LogP contribution in [0.3, 0.4) is 0 Å². The maximum Gasteiger partial charge on any atom is 0.344 e. The second kappa shape index (κ2) is 7.32. The van der Waals surface area contributed by atoms with Crippen molar-refractivity contribution in [1.82, 2.24) is 24.9 Å². The van der Waals surface area contributed by atoms with E-state index < -0.39 is 0 Å². The fourth-order valence-corrected chi connectivity index (χ4v) is 4.17. The molecular weight excluding hydrogens is 366 g/mol. The van der Waals surface area contributed by atoms with Gasteiger partial charge in [-0.2, -0.15) is 9.78 Å². The number of carbonyl (C=O) groups is 2. The third kappa shape index (κ3) is 3.70. The molecule has 8 heteroatoms. The quantitative estimate of drug-likeness (QED) is 0.873. The summed E-state index contributed by atoms with van der Waals surface area (Å²) < 4.78 is 1.26. The van der Waals surface area contributed by atoms with E-state index in [1.54, 1.807) is 19.3 Å². The van der Waals surface area contributed by atoms with Crippen LogP contribution in [0.25, 0.3) is 0 Å². The van der Waals surface area contributed by atoms with Crippen LogP contribution in [0.15, 0.2) is 36.5 Å². The molecular formula is C19H22ClN5O2. The Morgan fingerprint density at radius 1 is 1.11 bits per heavy atom. The second-order valence-corrected chi connectivity index (χ2v) is 7.69. The third-order valence-corrected chi connectivity index (χ3v) is 5.65. The van der Waals surface area contributed by atoms with Gasteiger partial charge < -0.3 is 10.2 Å². The third-order valence-electron chi connectivity index (χ3n) is 5.40. The fourth-order valence-electron chi connectivity index (χ4n) is 4.05. The minimum absolute atomic E-state index is 0.163. The van der Waals surface area contributed by atoms with E-state index in [1.165, 1.54) is 10.2 Å². The van der Waals surface area contributed by atoms with E-state index in [9.17, 15) is 9.59 Å². The normalized spacial score (nSPS) is 22.1. The van der Waals surface area contributed by atoms with Crippen LogP contribution in [-0.4, -0.2) is 64.7 Å². The molecule has 2 aromatic rings. The Morgan fingerprint density at radius 2 is 1.78 bits per heavy atom. The number of hydrogen-bond acceptors (Lipinski definition) is 4. The molecule has 27 heavy (non-hydrogen) atoms. The largest absolute Gasteiger partial charge is 0.354 e. The number of fused-ring (bicyclic) bond motifs is 1. The molecule has 0 radical (unpaired) electrons. The summed E-state index contributed by atoms with van der Waals surface area (Å²) in [5.74, 6) is 0.670. The number of halogens is 1. The zero-order valence-corrected chi connectivity index (χ0v) is 15.9. The topological polar surface area (TPSA) is 70.5 Å². The van der Waals surface area contributed by atoms with Crippen molar-refractivity contribution in [2.75, 3.05) is 33.2 Å². The Labute approximate surface area is 162 Å². The first-order chi connectivity index (χ1) is 13.0. The minimum Gasteiger partial charge on any atom is -0.354 e. The zero-order chi connectivity index (χ0) is 19.0. The van der Waals surface area contributed by atoms with Gasteiger partial charge in [-0.25, -0.2) is 4.79 Å². The molecule has 0 saturated carbocycles. The molecule has 2 unspecified atom stereocenters. The number of nitrogens with zero attached hydrogens (tertiary/aromatic N) is 4. The second-order valence-electron chi connectivity index (χ2n) is 7.25. The van der Waals surface area contributed by atoms with Crippen LogP contribution in [0.5, 0.6) is 0 Å². The summed E-state index contributed by atoms with van der Waals surface area (Å²) in [7, 11) is 1.54. The summed E-state index contributed by atoms with van der Waals surface area (Å²) in [5, 5.41) is 7.35. The Bertz CT molecular complexity index is 836. The molecule has 0 spiro atoms. The van der Waals surface area contributed by atoms with Crippen LogP contribution in [0.1, 0.15) is 16.1 Å². The van der Waals surface area contributed by atoms with E-state index in [2.05, 4.69) is 27.4 Å². The Balaban J connectivity index is 1.34. The van der Waals surface area contributed by atoms with Crippen molar-refractivity contribution in [3.63, 3.8) is 0 Å². The zero-order valence-electron chi connectivity index (χ0n) is 15.1. The maximum atomic E-state index is 12.7. The van der Waals surface area contributed by atoms with Crippen molar-refractivity contribution >= 4 is 23.5 Å². The predicted molar refractivity (Wildman–Crippen MR) is 102 cm³/mol. The molecule has 0 bridgehead atoms. The number of nitrogens with one attached hydrogen (secondary N) is 1. The number of likely N-dealkylation sites (tertiary alicyclic amines) is 2. The van der Waals surface area contributed by atoms with E-state index >= 15 is 0 Å². The molecule has 2 aliphatic rings. The van der Waals surface area contributed by atoms with Gasteiger partial charge >= 0.3 is 6.03 Å². The van der Waals surface area contributed by atoms with Crippen molar-refractivity contribution in [3.8, 4) is 0 Å². The molecule has 7 nitrogen and oxygen atoms in total. The molecule has 3 heterocycles. The van der Waals surface area contributed by atoms with Gasteiger partial charge in [0.2, 0.25) is 0 Å². The van der Waals surface area contributed by atoms with Gasteiger partial charge in [-0.15, -0.1) is 0 Å². The summed E-state index contributed by atoms with van der Waals surface area (Å²) >= 11 is 5.95. The van der Waals surface area contributed by atoms with E-state index in [0.29, 0.717) is 11.8 Å². The average Bonchev–Trinajstić information content (AvgIpc) is 3.37. The molecule has 1 aromatic carbocycles. The van der Waals surface area contributed by atoms with Crippen molar-refractivity contribution in [2.24, 2.45) is 11.8 Å². The van der Waals surface area contributed by atoms with Crippen LogP contribution in [-0.2, 0) is 6.54 Å². The van der Waals surface area contributed by atoms with Crippen LogP contribution in [0.4, 0.5) is 4.79 Å². The highest BCUT2D eigenvalue weighted by molar-refractivity contribution is 6.30. The molecule has 1 N–H and O–H groups in total. The van der Waals surface area contributed by atoms with Gasteiger partial charge in [0.1, 0.15) is 0 Å². The highest BCUT2D eigenvalue weighted by atomic mass is 35.5. The Kier molecular flexibility index (Phi) is 4.88. The lowest BCUT2D eigenvalue weighted by Gasteiger charge is -2.21. The van der Waals surface area contributed by atoms with E-state index in [0.717, 1.165) is 37.7 Å². The lowest BCUT2D eigenvalue weighted by Crippen LogP contribution is -2.36.